The Morgan fingerprint density at radius 2 is 1.45 bits per heavy atom. The minimum atomic E-state index is -4.78. The molecule has 6 amide bonds. The lowest BCUT2D eigenvalue weighted by Gasteiger charge is -2.27. The van der Waals surface area contributed by atoms with Crippen molar-refractivity contribution in [2.45, 2.75) is 96.7 Å². The van der Waals surface area contributed by atoms with E-state index in [1.54, 1.807) is 13.8 Å². The van der Waals surface area contributed by atoms with Crippen molar-refractivity contribution in [1.82, 2.24) is 26.6 Å². The van der Waals surface area contributed by atoms with Crippen molar-refractivity contribution in [1.29, 1.82) is 0 Å². The SMILES string of the molecule is CCCCCCCCC(=O)N[C@@H](Cc1ccc(OP(=O)(O)O)cc1)C(=O)N[C@H](C(=O)N[C@@H](CC(N)=O)C(=O)NCC(=O)NC)C(C)C. The van der Waals surface area contributed by atoms with Crippen LogP contribution < -0.4 is 36.8 Å². The van der Waals surface area contributed by atoms with Gasteiger partial charge in [0.15, 0.2) is 0 Å². The molecule has 0 unspecified atom stereocenters. The summed E-state index contributed by atoms with van der Waals surface area (Å²) in [6.07, 6.45) is 5.31. The highest BCUT2D eigenvalue weighted by molar-refractivity contribution is 7.46. The van der Waals surface area contributed by atoms with E-state index in [9.17, 15) is 33.3 Å². The number of primary amides is 1. The number of hydrogen-bond donors (Lipinski definition) is 8. The summed E-state index contributed by atoms with van der Waals surface area (Å²) in [7, 11) is -3.41. The summed E-state index contributed by atoms with van der Waals surface area (Å²) in [6, 6.07) is 1.78. The maximum atomic E-state index is 13.6. The van der Waals surface area contributed by atoms with E-state index in [0.717, 1.165) is 32.1 Å². The van der Waals surface area contributed by atoms with E-state index in [0.29, 0.717) is 12.0 Å². The number of hydrogen-bond acceptors (Lipinski definition) is 8. The van der Waals surface area contributed by atoms with Crippen LogP contribution in [-0.4, -0.2) is 76.9 Å². The molecule has 3 atom stereocenters. The van der Waals surface area contributed by atoms with E-state index in [4.69, 9.17) is 15.5 Å². The van der Waals surface area contributed by atoms with E-state index in [-0.39, 0.29) is 24.5 Å². The molecule has 0 aliphatic heterocycles. The number of carbonyl (C=O) groups excluding carboxylic acids is 6. The monoisotopic (exact) mass is 684 g/mol. The number of nitrogens with one attached hydrogen (secondary N) is 5. The average Bonchev–Trinajstić information content (AvgIpc) is 2.99. The predicted molar refractivity (Wildman–Crippen MR) is 172 cm³/mol. The molecule has 0 bridgehead atoms. The zero-order chi connectivity index (χ0) is 35.6. The second kappa shape index (κ2) is 21.0. The minimum Gasteiger partial charge on any atom is -0.404 e. The average molecular weight is 685 g/mol. The smallest absolute Gasteiger partial charge is 0.404 e. The second-order valence-corrected chi connectivity index (χ2v) is 12.6. The molecule has 0 fully saturated rings. The zero-order valence-corrected chi connectivity index (χ0v) is 28.3. The van der Waals surface area contributed by atoms with E-state index < -0.39 is 74.4 Å². The summed E-state index contributed by atoms with van der Waals surface area (Å²) < 4.78 is 15.7. The second-order valence-electron chi connectivity index (χ2n) is 11.4. The van der Waals surface area contributed by atoms with Crippen LogP contribution in [0, 0.1) is 5.92 Å². The fourth-order valence-corrected chi connectivity index (χ4v) is 4.84. The molecule has 9 N–H and O–H groups in total. The van der Waals surface area contributed by atoms with Gasteiger partial charge in [-0.15, -0.1) is 0 Å². The molecule has 0 aromatic heterocycles. The molecular formula is C30H49N6O10P. The van der Waals surface area contributed by atoms with Crippen molar-refractivity contribution >= 4 is 43.3 Å². The van der Waals surface area contributed by atoms with E-state index in [1.165, 1.54) is 31.3 Å². The lowest BCUT2D eigenvalue weighted by atomic mass is 10.00. The lowest BCUT2D eigenvalue weighted by Crippen LogP contribution is -2.59. The summed E-state index contributed by atoms with van der Waals surface area (Å²) in [5.41, 5.74) is 5.78. The molecular weight excluding hydrogens is 635 g/mol. The molecule has 0 aliphatic carbocycles. The molecule has 0 spiro atoms. The first kappa shape index (κ1) is 41.0. The third-order valence-electron chi connectivity index (χ3n) is 6.98. The first-order chi connectivity index (χ1) is 22.1. The maximum Gasteiger partial charge on any atom is 0.524 e. The van der Waals surface area contributed by atoms with E-state index in [2.05, 4.69) is 38.0 Å². The van der Waals surface area contributed by atoms with Gasteiger partial charge in [0, 0.05) is 19.9 Å². The number of unbranched alkanes of at least 4 members (excludes halogenated alkanes) is 5. The quantitative estimate of drug-likeness (QED) is 0.0612. The number of benzene rings is 1. The number of rotatable bonds is 22. The Morgan fingerprint density at radius 1 is 0.830 bits per heavy atom. The van der Waals surface area contributed by atoms with Gasteiger partial charge in [-0.3, -0.25) is 38.6 Å². The van der Waals surface area contributed by atoms with Gasteiger partial charge in [0.1, 0.15) is 23.9 Å². The first-order valence-corrected chi connectivity index (χ1v) is 17.1. The van der Waals surface area contributed by atoms with Gasteiger partial charge in [0.05, 0.1) is 13.0 Å². The summed E-state index contributed by atoms with van der Waals surface area (Å²) in [4.78, 5) is 93.6. The van der Waals surface area contributed by atoms with Crippen LogP contribution in [0.3, 0.4) is 0 Å². The first-order valence-electron chi connectivity index (χ1n) is 15.6. The Hall–Kier alpha value is -4.01. The third kappa shape index (κ3) is 17.5. The highest BCUT2D eigenvalue weighted by Crippen LogP contribution is 2.37. The number of carbonyl (C=O) groups is 6. The van der Waals surface area contributed by atoms with Crippen LogP contribution >= 0.6 is 7.82 Å². The van der Waals surface area contributed by atoms with E-state index in [1.807, 2.05) is 0 Å². The van der Waals surface area contributed by atoms with Crippen LogP contribution in [0.4, 0.5) is 0 Å². The van der Waals surface area contributed by atoms with Gasteiger partial charge in [-0.25, -0.2) is 4.57 Å². The molecule has 0 radical (unpaired) electrons. The standard InChI is InChI=1S/C30H49N6O10P/c1-5-6-7-8-9-10-11-25(38)34-22(16-20-12-14-21(15-13-20)46-47(43,44)45)29(41)36-27(19(2)3)30(42)35-23(17-24(31)37)28(40)33-18-26(39)32-4/h12-15,19,22-23,27H,5-11,16-18H2,1-4H3,(H2,31,37)(H,32,39)(H,33,40)(H,34,38)(H,35,42)(H,36,41)(H2,43,44,45)/t22-,23-,27-/m0/s1. The van der Waals surface area contributed by atoms with Crippen molar-refractivity contribution in [3.8, 4) is 5.75 Å². The summed E-state index contributed by atoms with van der Waals surface area (Å²) in [5, 5.41) is 12.4. The van der Waals surface area contributed by atoms with Crippen molar-refractivity contribution < 1.29 is 47.6 Å². The summed E-state index contributed by atoms with van der Waals surface area (Å²) in [6.45, 7) is 4.99. The number of nitrogens with two attached hydrogens (primary N) is 1. The Bertz CT molecular complexity index is 1250. The van der Waals surface area contributed by atoms with E-state index >= 15 is 0 Å². The van der Waals surface area contributed by atoms with Gasteiger partial charge < -0.3 is 36.8 Å². The minimum absolute atomic E-state index is 0.0388. The fraction of sp³-hybridized carbons (Fsp3) is 0.600. The number of likely N-dealkylation sites (N-methyl/N-ethyl adjacent to an activating group) is 1. The molecule has 0 aliphatic rings. The van der Waals surface area contributed by atoms with Crippen LogP contribution in [0.1, 0.15) is 77.7 Å². The van der Waals surface area contributed by atoms with Crippen LogP contribution in [0.25, 0.3) is 0 Å². The highest BCUT2D eigenvalue weighted by Gasteiger charge is 2.32. The highest BCUT2D eigenvalue weighted by atomic mass is 31.2. The Balaban J connectivity index is 3.12. The third-order valence-corrected chi connectivity index (χ3v) is 7.43. The number of amides is 6. The van der Waals surface area contributed by atoms with Gasteiger partial charge in [-0.1, -0.05) is 65.0 Å². The van der Waals surface area contributed by atoms with Crippen LogP contribution in [0.2, 0.25) is 0 Å². The van der Waals surface area contributed by atoms with Crippen molar-refractivity contribution in [2.24, 2.45) is 11.7 Å². The summed E-state index contributed by atoms with van der Waals surface area (Å²) >= 11 is 0. The maximum absolute atomic E-state index is 13.6. The van der Waals surface area contributed by atoms with Crippen molar-refractivity contribution in [2.75, 3.05) is 13.6 Å². The Labute approximate surface area is 274 Å². The molecule has 1 aromatic carbocycles. The molecule has 17 heteroatoms. The van der Waals surface area contributed by atoms with Crippen molar-refractivity contribution in [3.63, 3.8) is 0 Å². The van der Waals surface area contributed by atoms with Crippen LogP contribution in [0.15, 0.2) is 24.3 Å². The van der Waals surface area contributed by atoms with Gasteiger partial charge in [0.2, 0.25) is 35.4 Å². The lowest BCUT2D eigenvalue weighted by molar-refractivity contribution is -0.135. The predicted octanol–water partition coefficient (Wildman–Crippen LogP) is 0.299. The van der Waals surface area contributed by atoms with Gasteiger partial charge in [-0.05, 0) is 30.0 Å². The molecule has 0 heterocycles. The van der Waals surface area contributed by atoms with Gasteiger partial charge in [0.25, 0.3) is 0 Å². The molecule has 0 saturated heterocycles. The van der Waals surface area contributed by atoms with Crippen molar-refractivity contribution in [3.05, 3.63) is 29.8 Å². The van der Waals surface area contributed by atoms with Gasteiger partial charge in [-0.2, -0.15) is 0 Å². The topological polar surface area (TPSA) is 255 Å². The largest absolute Gasteiger partial charge is 0.524 e. The normalized spacial score (nSPS) is 13.1. The number of phosphoric acid groups is 1. The molecule has 1 aromatic rings. The molecule has 0 saturated carbocycles. The molecule has 16 nitrogen and oxygen atoms in total. The summed E-state index contributed by atoms with van der Waals surface area (Å²) in [5.74, 6) is -4.72. The Morgan fingerprint density at radius 3 is 2.00 bits per heavy atom. The Kier molecular flexibility index (Phi) is 18.3. The molecule has 47 heavy (non-hydrogen) atoms. The van der Waals surface area contributed by atoms with Crippen LogP contribution in [-0.2, 0) is 39.8 Å². The molecule has 1 rings (SSSR count). The van der Waals surface area contributed by atoms with Crippen LogP contribution in [0.5, 0.6) is 5.75 Å². The number of phosphoric ester groups is 1. The van der Waals surface area contributed by atoms with Gasteiger partial charge >= 0.3 is 7.82 Å². The fourth-order valence-electron chi connectivity index (χ4n) is 4.44. The zero-order valence-electron chi connectivity index (χ0n) is 27.4. The molecule has 264 valence electrons.